The fourth-order valence-electron chi connectivity index (χ4n) is 3.96. The van der Waals surface area contributed by atoms with Gasteiger partial charge in [-0.3, -0.25) is 4.79 Å². The summed E-state index contributed by atoms with van der Waals surface area (Å²) in [6.07, 6.45) is 1.07. The van der Waals surface area contributed by atoms with Crippen LogP contribution in [0.25, 0.3) is 0 Å². The average Bonchev–Trinajstić information content (AvgIpc) is 2.67. The number of carbonyl (C=O) groups is 1. The lowest BCUT2D eigenvalue weighted by Crippen LogP contribution is -2.45. The van der Waals surface area contributed by atoms with Gasteiger partial charge in [-0.1, -0.05) is 13.0 Å². The van der Waals surface area contributed by atoms with Crippen LogP contribution in [0, 0.1) is 5.82 Å². The Labute approximate surface area is 171 Å². The molecule has 29 heavy (non-hydrogen) atoms. The number of hydrogen-bond donors (Lipinski definition) is 2. The summed E-state index contributed by atoms with van der Waals surface area (Å²) in [5, 5.41) is 12.7. The molecular weight excluding hydrogens is 371 g/mol. The van der Waals surface area contributed by atoms with E-state index in [1.807, 2.05) is 19.1 Å². The minimum Gasteiger partial charge on any atom is -0.481 e. The monoisotopic (exact) mass is 400 g/mol. The molecule has 3 rings (SSSR count). The van der Waals surface area contributed by atoms with Gasteiger partial charge >= 0.3 is 5.97 Å². The number of halogens is 1. The van der Waals surface area contributed by atoms with E-state index in [0.29, 0.717) is 0 Å². The zero-order valence-electron chi connectivity index (χ0n) is 17.2. The number of ether oxygens (including phenoxy) is 1. The second-order valence-corrected chi connectivity index (χ2v) is 7.77. The van der Waals surface area contributed by atoms with Gasteiger partial charge in [0.15, 0.2) is 0 Å². The van der Waals surface area contributed by atoms with Gasteiger partial charge in [0, 0.05) is 18.8 Å². The first-order valence-corrected chi connectivity index (χ1v) is 10.1. The van der Waals surface area contributed by atoms with Crippen molar-refractivity contribution in [2.75, 3.05) is 23.3 Å². The van der Waals surface area contributed by atoms with E-state index in [1.54, 1.807) is 12.1 Å². The third-order valence-corrected chi connectivity index (χ3v) is 5.29. The van der Waals surface area contributed by atoms with Crippen molar-refractivity contribution in [3.05, 3.63) is 53.8 Å². The number of benzene rings is 2. The number of aliphatic carboxylic acids is 1. The Balaban J connectivity index is 1.97. The minimum absolute atomic E-state index is 0.0575. The van der Waals surface area contributed by atoms with Crippen molar-refractivity contribution < 1.29 is 19.0 Å². The Hall–Kier alpha value is -2.60. The van der Waals surface area contributed by atoms with Gasteiger partial charge in [-0.05, 0) is 68.1 Å². The molecule has 0 aliphatic carbocycles. The molecule has 1 saturated heterocycles. The van der Waals surface area contributed by atoms with E-state index in [4.69, 9.17) is 4.74 Å². The molecule has 2 aromatic rings. The van der Waals surface area contributed by atoms with E-state index >= 15 is 0 Å². The summed E-state index contributed by atoms with van der Waals surface area (Å²) >= 11 is 0. The van der Waals surface area contributed by atoms with Gasteiger partial charge in [0.05, 0.1) is 30.0 Å². The number of carboxylic acids is 1. The summed E-state index contributed by atoms with van der Waals surface area (Å²) in [6.45, 7) is 7.66. The molecule has 5 nitrogen and oxygen atoms in total. The number of nitrogens with one attached hydrogen (secondary N) is 1. The predicted molar refractivity (Wildman–Crippen MR) is 114 cm³/mol. The molecule has 0 amide bonds. The second kappa shape index (κ2) is 9.27. The van der Waals surface area contributed by atoms with Gasteiger partial charge in [-0.2, -0.15) is 0 Å². The van der Waals surface area contributed by atoms with Gasteiger partial charge in [0.25, 0.3) is 0 Å². The maximum absolute atomic E-state index is 13.3. The number of rotatable bonds is 7. The van der Waals surface area contributed by atoms with Gasteiger partial charge in [0.2, 0.25) is 0 Å². The molecule has 0 aromatic heterocycles. The van der Waals surface area contributed by atoms with E-state index in [-0.39, 0.29) is 30.4 Å². The van der Waals surface area contributed by atoms with E-state index in [2.05, 4.69) is 30.1 Å². The SMILES string of the molecule is CCC(CC(=O)O)c1ccc(N2C[C@@H](C)O[C@@H](C)C2)c(Nc2ccc(F)cc2)c1. The fraction of sp³-hybridized carbons (Fsp3) is 0.435. The molecule has 6 heteroatoms. The zero-order valence-corrected chi connectivity index (χ0v) is 17.2. The molecule has 1 fully saturated rings. The fourth-order valence-corrected chi connectivity index (χ4v) is 3.96. The Morgan fingerprint density at radius 1 is 1.21 bits per heavy atom. The summed E-state index contributed by atoms with van der Waals surface area (Å²) in [5.74, 6) is -1.14. The zero-order chi connectivity index (χ0) is 21.0. The Morgan fingerprint density at radius 2 is 1.86 bits per heavy atom. The highest BCUT2D eigenvalue weighted by atomic mass is 19.1. The minimum atomic E-state index is -0.801. The molecule has 2 N–H and O–H groups in total. The first kappa shape index (κ1) is 21.1. The molecule has 0 radical (unpaired) electrons. The van der Waals surface area contributed by atoms with Gasteiger partial charge in [-0.15, -0.1) is 0 Å². The number of nitrogens with zero attached hydrogens (tertiary/aromatic N) is 1. The van der Waals surface area contributed by atoms with Gasteiger partial charge in [0.1, 0.15) is 5.82 Å². The molecule has 1 unspecified atom stereocenters. The van der Waals surface area contributed by atoms with E-state index in [0.717, 1.165) is 42.1 Å². The third-order valence-electron chi connectivity index (χ3n) is 5.29. The van der Waals surface area contributed by atoms with Crippen LogP contribution in [0.5, 0.6) is 0 Å². The molecule has 2 aromatic carbocycles. The van der Waals surface area contributed by atoms with Gasteiger partial charge < -0.3 is 20.1 Å². The van der Waals surface area contributed by atoms with Crippen LogP contribution in [-0.2, 0) is 9.53 Å². The van der Waals surface area contributed by atoms with Crippen molar-refractivity contribution in [3.8, 4) is 0 Å². The van der Waals surface area contributed by atoms with Gasteiger partial charge in [-0.25, -0.2) is 4.39 Å². The van der Waals surface area contributed by atoms with Crippen LogP contribution in [0.4, 0.5) is 21.5 Å². The van der Waals surface area contributed by atoms with Crippen molar-refractivity contribution in [1.82, 2.24) is 0 Å². The van der Waals surface area contributed by atoms with Crippen LogP contribution in [0.1, 0.15) is 45.1 Å². The summed E-state index contributed by atoms with van der Waals surface area (Å²) in [6, 6.07) is 12.3. The van der Waals surface area contributed by atoms with Crippen LogP contribution in [-0.4, -0.2) is 36.4 Å². The first-order valence-electron chi connectivity index (χ1n) is 10.1. The first-order chi connectivity index (χ1) is 13.9. The number of morpholine rings is 1. The second-order valence-electron chi connectivity index (χ2n) is 7.77. The van der Waals surface area contributed by atoms with Crippen LogP contribution in [0.2, 0.25) is 0 Å². The van der Waals surface area contributed by atoms with Crippen LogP contribution in [0.15, 0.2) is 42.5 Å². The average molecular weight is 400 g/mol. The van der Waals surface area contributed by atoms with Crippen LogP contribution in [0.3, 0.4) is 0 Å². The van der Waals surface area contributed by atoms with E-state index in [1.165, 1.54) is 12.1 Å². The summed E-state index contributed by atoms with van der Waals surface area (Å²) in [5.41, 5.74) is 3.69. The van der Waals surface area contributed by atoms with Crippen LogP contribution >= 0.6 is 0 Å². The maximum atomic E-state index is 13.3. The standard InChI is InChI=1S/C23H29FN2O3/c1-4-17(12-23(27)28)18-5-10-22(26-13-15(2)29-16(3)14-26)21(11-18)25-20-8-6-19(24)7-9-20/h5-11,15-17,25H,4,12-14H2,1-3H3,(H,27,28)/t15-,16+,17?. The summed E-state index contributed by atoms with van der Waals surface area (Å²) < 4.78 is 19.2. The van der Waals surface area contributed by atoms with Crippen molar-refractivity contribution in [2.24, 2.45) is 0 Å². The summed E-state index contributed by atoms with van der Waals surface area (Å²) in [4.78, 5) is 13.5. The molecule has 3 atom stereocenters. The third kappa shape index (κ3) is 5.48. The van der Waals surface area contributed by atoms with E-state index in [9.17, 15) is 14.3 Å². The normalized spacial score (nSPS) is 20.3. The lowest BCUT2D eigenvalue weighted by molar-refractivity contribution is -0.137. The highest BCUT2D eigenvalue weighted by Crippen LogP contribution is 2.35. The lowest BCUT2D eigenvalue weighted by Gasteiger charge is -2.38. The number of anilines is 3. The largest absolute Gasteiger partial charge is 0.481 e. The quantitative estimate of drug-likeness (QED) is 0.673. The highest BCUT2D eigenvalue weighted by Gasteiger charge is 2.25. The highest BCUT2D eigenvalue weighted by molar-refractivity contribution is 5.77. The molecule has 1 aliphatic rings. The maximum Gasteiger partial charge on any atom is 0.303 e. The van der Waals surface area contributed by atoms with Crippen molar-refractivity contribution >= 4 is 23.0 Å². The van der Waals surface area contributed by atoms with Crippen molar-refractivity contribution in [2.45, 2.75) is 51.7 Å². The summed E-state index contributed by atoms with van der Waals surface area (Å²) in [7, 11) is 0. The molecule has 0 bridgehead atoms. The molecule has 0 saturated carbocycles. The van der Waals surface area contributed by atoms with Crippen molar-refractivity contribution in [3.63, 3.8) is 0 Å². The number of carboxylic acid groups (broad SMARTS) is 1. The molecular formula is C23H29FN2O3. The Morgan fingerprint density at radius 3 is 2.45 bits per heavy atom. The lowest BCUT2D eigenvalue weighted by atomic mass is 9.92. The molecule has 0 spiro atoms. The van der Waals surface area contributed by atoms with Crippen LogP contribution < -0.4 is 10.2 Å². The Kier molecular flexibility index (Phi) is 6.75. The number of hydrogen-bond acceptors (Lipinski definition) is 4. The molecule has 1 heterocycles. The molecule has 1 aliphatic heterocycles. The smallest absolute Gasteiger partial charge is 0.303 e. The topological polar surface area (TPSA) is 61.8 Å². The van der Waals surface area contributed by atoms with E-state index < -0.39 is 5.97 Å². The van der Waals surface area contributed by atoms with Crippen molar-refractivity contribution in [1.29, 1.82) is 0 Å². The molecule has 156 valence electrons. The predicted octanol–water partition coefficient (Wildman–Crippen LogP) is 5.15. The Bertz CT molecular complexity index is 831.